The molecule has 5 heteroatoms. The maximum atomic E-state index is 12.4. The molecule has 0 radical (unpaired) electrons. The topological polar surface area (TPSA) is 56.8 Å². The lowest BCUT2D eigenvalue weighted by Crippen LogP contribution is -2.36. The lowest BCUT2D eigenvalue weighted by atomic mass is 9.75. The summed E-state index contributed by atoms with van der Waals surface area (Å²) in [7, 11) is 3.18. The van der Waals surface area contributed by atoms with Crippen molar-refractivity contribution in [3.63, 3.8) is 0 Å². The molecule has 2 rings (SSSR count). The van der Waals surface area contributed by atoms with Crippen LogP contribution in [0.2, 0.25) is 0 Å². The first-order valence-corrected chi connectivity index (χ1v) is 9.49. The van der Waals surface area contributed by atoms with Gasteiger partial charge in [0.25, 0.3) is 0 Å². The molecule has 1 saturated carbocycles. The van der Waals surface area contributed by atoms with Gasteiger partial charge in [-0.2, -0.15) is 0 Å². The third-order valence-corrected chi connectivity index (χ3v) is 5.39. The summed E-state index contributed by atoms with van der Waals surface area (Å²) in [6.07, 6.45) is 3.63. The highest BCUT2D eigenvalue weighted by molar-refractivity contribution is 5.92. The average molecular weight is 363 g/mol. The van der Waals surface area contributed by atoms with E-state index in [9.17, 15) is 4.79 Å². The van der Waals surface area contributed by atoms with Gasteiger partial charge in [0.1, 0.15) is 6.61 Å². The Morgan fingerprint density at radius 3 is 2.46 bits per heavy atom. The number of methoxy groups -OCH3 is 2. The quantitative estimate of drug-likeness (QED) is 0.779. The van der Waals surface area contributed by atoms with Gasteiger partial charge in [0.15, 0.2) is 11.5 Å². The molecule has 1 aliphatic rings. The first-order valence-electron chi connectivity index (χ1n) is 9.49. The molecule has 1 aromatic rings. The lowest BCUT2D eigenvalue weighted by Gasteiger charge is -2.37. The first kappa shape index (κ1) is 20.6. The third kappa shape index (κ3) is 5.13. The molecule has 1 aromatic carbocycles. The van der Waals surface area contributed by atoms with Crippen molar-refractivity contribution in [2.75, 3.05) is 26.1 Å². The van der Waals surface area contributed by atoms with E-state index in [0.717, 1.165) is 12.0 Å². The van der Waals surface area contributed by atoms with Crippen molar-refractivity contribution in [2.45, 2.75) is 53.1 Å². The zero-order valence-electron chi connectivity index (χ0n) is 16.9. The summed E-state index contributed by atoms with van der Waals surface area (Å²) in [5.41, 5.74) is 1.64. The molecule has 5 nitrogen and oxygen atoms in total. The van der Waals surface area contributed by atoms with Crippen molar-refractivity contribution in [3.05, 3.63) is 17.7 Å². The molecule has 0 unspecified atom stereocenters. The van der Waals surface area contributed by atoms with Gasteiger partial charge >= 0.3 is 0 Å². The number of anilines is 1. The molecule has 0 aliphatic heterocycles. The van der Waals surface area contributed by atoms with Crippen LogP contribution in [0, 0.1) is 24.7 Å². The molecule has 26 heavy (non-hydrogen) atoms. The molecule has 0 spiro atoms. The van der Waals surface area contributed by atoms with Crippen molar-refractivity contribution < 1.29 is 19.0 Å². The number of nitrogens with one attached hydrogen (secondary N) is 1. The van der Waals surface area contributed by atoms with E-state index in [2.05, 4.69) is 26.1 Å². The predicted molar refractivity (Wildman–Crippen MR) is 104 cm³/mol. The van der Waals surface area contributed by atoms with Crippen LogP contribution in [0.15, 0.2) is 12.1 Å². The average Bonchev–Trinajstić information content (AvgIpc) is 2.61. The van der Waals surface area contributed by atoms with Crippen molar-refractivity contribution in [1.82, 2.24) is 0 Å². The number of carbonyl (C=O) groups is 1. The molecule has 1 aliphatic carbocycles. The van der Waals surface area contributed by atoms with Crippen LogP contribution in [0.1, 0.15) is 45.6 Å². The fourth-order valence-electron chi connectivity index (χ4n) is 3.79. The van der Waals surface area contributed by atoms with Crippen LogP contribution in [0.3, 0.4) is 0 Å². The van der Waals surface area contributed by atoms with Crippen LogP contribution >= 0.6 is 0 Å². The maximum Gasteiger partial charge on any atom is 0.250 e. The van der Waals surface area contributed by atoms with E-state index >= 15 is 0 Å². The van der Waals surface area contributed by atoms with Gasteiger partial charge < -0.3 is 19.5 Å². The van der Waals surface area contributed by atoms with E-state index in [1.165, 1.54) is 12.8 Å². The summed E-state index contributed by atoms with van der Waals surface area (Å²) in [6.45, 7) is 8.75. The van der Waals surface area contributed by atoms with Crippen LogP contribution in [-0.2, 0) is 9.53 Å². The van der Waals surface area contributed by atoms with Gasteiger partial charge in [-0.05, 0) is 49.1 Å². The molecule has 1 amide bonds. The zero-order valence-corrected chi connectivity index (χ0v) is 16.9. The molecular formula is C21H33NO4. The van der Waals surface area contributed by atoms with Crippen LogP contribution in [-0.4, -0.2) is 32.8 Å². The zero-order chi connectivity index (χ0) is 19.3. The number of ether oxygens (including phenoxy) is 3. The van der Waals surface area contributed by atoms with Crippen LogP contribution < -0.4 is 14.8 Å². The Labute approximate surface area is 157 Å². The summed E-state index contributed by atoms with van der Waals surface area (Å²) < 4.78 is 16.6. The molecule has 1 fully saturated rings. The second-order valence-electron chi connectivity index (χ2n) is 7.75. The van der Waals surface area contributed by atoms with E-state index < -0.39 is 0 Å². The smallest absolute Gasteiger partial charge is 0.250 e. The number of aryl methyl sites for hydroxylation is 1. The van der Waals surface area contributed by atoms with Crippen molar-refractivity contribution in [2.24, 2.45) is 17.8 Å². The third-order valence-electron chi connectivity index (χ3n) is 5.39. The minimum Gasteiger partial charge on any atom is -0.493 e. The molecule has 146 valence electrons. The van der Waals surface area contributed by atoms with E-state index in [1.807, 2.05) is 13.0 Å². The first-order chi connectivity index (χ1) is 12.3. The van der Waals surface area contributed by atoms with Crippen LogP contribution in [0.25, 0.3) is 0 Å². The van der Waals surface area contributed by atoms with Gasteiger partial charge in [0, 0.05) is 11.8 Å². The van der Waals surface area contributed by atoms with E-state index in [-0.39, 0.29) is 18.6 Å². The number of benzene rings is 1. The Morgan fingerprint density at radius 2 is 1.85 bits per heavy atom. The predicted octanol–water partition coefficient (Wildman–Crippen LogP) is 4.43. The normalized spacial score (nSPS) is 23.0. The minimum absolute atomic E-state index is 0.0778. The second-order valence-corrected chi connectivity index (χ2v) is 7.75. The fourth-order valence-corrected chi connectivity index (χ4v) is 3.79. The van der Waals surface area contributed by atoms with E-state index in [4.69, 9.17) is 14.2 Å². The monoisotopic (exact) mass is 363 g/mol. The number of hydrogen-bond acceptors (Lipinski definition) is 4. The van der Waals surface area contributed by atoms with Crippen LogP contribution in [0.4, 0.5) is 5.69 Å². The highest BCUT2D eigenvalue weighted by Gasteiger charge is 2.31. The van der Waals surface area contributed by atoms with Gasteiger partial charge in [-0.25, -0.2) is 0 Å². The number of rotatable bonds is 7. The lowest BCUT2D eigenvalue weighted by molar-refractivity contribution is -0.126. The summed E-state index contributed by atoms with van der Waals surface area (Å²) in [5.74, 6) is 2.86. The minimum atomic E-state index is -0.138. The Hall–Kier alpha value is -1.75. The van der Waals surface area contributed by atoms with Gasteiger partial charge in [-0.15, -0.1) is 0 Å². The van der Waals surface area contributed by atoms with Gasteiger partial charge in [-0.3, -0.25) is 4.79 Å². The summed E-state index contributed by atoms with van der Waals surface area (Å²) in [5, 5.41) is 2.93. The maximum absolute atomic E-state index is 12.4. The summed E-state index contributed by atoms with van der Waals surface area (Å²) in [6, 6.07) is 3.64. The van der Waals surface area contributed by atoms with Crippen LogP contribution in [0.5, 0.6) is 11.5 Å². The van der Waals surface area contributed by atoms with Gasteiger partial charge in [-0.1, -0.05) is 27.2 Å². The largest absolute Gasteiger partial charge is 0.493 e. The standard InChI is InChI=1S/C21H33NO4/c1-13(2)16-8-7-14(3)9-18(16)26-12-21(23)22-17-11-20(25-6)19(24-5)10-15(17)4/h10-11,13-14,16,18H,7-9,12H2,1-6H3,(H,22,23)/t14-,16+,18-/m1/s1. The number of hydrogen-bond donors (Lipinski definition) is 1. The molecule has 0 bridgehead atoms. The molecular weight excluding hydrogens is 330 g/mol. The van der Waals surface area contributed by atoms with E-state index in [1.54, 1.807) is 20.3 Å². The number of amides is 1. The van der Waals surface area contributed by atoms with Crippen molar-refractivity contribution in [3.8, 4) is 11.5 Å². The van der Waals surface area contributed by atoms with Gasteiger partial charge in [0.05, 0.1) is 20.3 Å². The summed E-state index contributed by atoms with van der Waals surface area (Å²) >= 11 is 0. The molecule has 0 saturated heterocycles. The van der Waals surface area contributed by atoms with E-state index in [0.29, 0.717) is 34.9 Å². The highest BCUT2D eigenvalue weighted by atomic mass is 16.5. The van der Waals surface area contributed by atoms with Gasteiger partial charge in [0.2, 0.25) is 5.91 Å². The molecule has 3 atom stereocenters. The second kappa shape index (κ2) is 9.26. The molecule has 1 N–H and O–H groups in total. The van der Waals surface area contributed by atoms with Crippen molar-refractivity contribution >= 4 is 11.6 Å². The highest BCUT2D eigenvalue weighted by Crippen LogP contribution is 2.35. The Morgan fingerprint density at radius 1 is 1.19 bits per heavy atom. The number of carbonyl (C=O) groups excluding carboxylic acids is 1. The SMILES string of the molecule is COc1cc(C)c(NC(=O)CO[C@@H]2C[C@H](C)CC[C@H]2C(C)C)cc1OC. The Bertz CT molecular complexity index is 614. The molecule has 0 aromatic heterocycles. The molecule has 0 heterocycles. The Balaban J connectivity index is 1.98. The summed E-state index contributed by atoms with van der Waals surface area (Å²) in [4.78, 5) is 12.4. The fraction of sp³-hybridized carbons (Fsp3) is 0.667. The van der Waals surface area contributed by atoms with Crippen molar-refractivity contribution in [1.29, 1.82) is 0 Å². The Kier molecular flexibility index (Phi) is 7.33.